The predicted molar refractivity (Wildman–Crippen MR) is 42.9 cm³/mol. The second kappa shape index (κ2) is 6.90. The third kappa shape index (κ3) is 5.25. The number of hydroxylamine groups is 2. The van der Waals surface area contributed by atoms with Crippen LogP contribution in [0.5, 0.6) is 0 Å². The molecule has 1 atom stereocenters. The van der Waals surface area contributed by atoms with Crippen LogP contribution in [0, 0.1) is 12.3 Å². The molecule has 4 heteroatoms. The molecule has 0 saturated carbocycles. The maximum atomic E-state index is 10.1. The zero-order valence-electron chi connectivity index (χ0n) is 7.03. The third-order valence-corrected chi connectivity index (χ3v) is 0.834. The number of nitrogens with zero attached hydrogens (tertiary/aromatic N) is 1. The van der Waals surface area contributed by atoms with Gasteiger partial charge in [-0.3, -0.25) is 5.21 Å². The topological polar surface area (TPSA) is 66.6 Å². The Labute approximate surface area is 66.9 Å². The van der Waals surface area contributed by atoms with Crippen molar-refractivity contribution in [2.75, 3.05) is 0 Å². The lowest BCUT2D eigenvalue weighted by atomic mass is 10.4. The smallest absolute Gasteiger partial charge is 0.339 e. The van der Waals surface area contributed by atoms with Crippen molar-refractivity contribution in [1.29, 1.82) is 0 Å². The van der Waals surface area contributed by atoms with E-state index >= 15 is 0 Å². The fourth-order valence-electron chi connectivity index (χ4n) is 0.261. The summed E-state index contributed by atoms with van der Waals surface area (Å²) in [5, 5.41) is 8.90. The van der Waals surface area contributed by atoms with E-state index in [1.807, 2.05) is 13.8 Å². The second-order valence-electron chi connectivity index (χ2n) is 1.53. The summed E-state index contributed by atoms with van der Waals surface area (Å²) in [7, 11) is 0. The zero-order chi connectivity index (χ0) is 9.44. The van der Waals surface area contributed by atoms with Crippen LogP contribution < -0.4 is 5.73 Å². The molecule has 1 unspecified atom stereocenters. The van der Waals surface area contributed by atoms with Crippen LogP contribution in [0.2, 0.25) is 0 Å². The number of hydrogen-bond acceptors (Lipinski definition) is 2. The molecule has 2 amide bonds. The van der Waals surface area contributed by atoms with Gasteiger partial charge in [-0.1, -0.05) is 19.8 Å². The van der Waals surface area contributed by atoms with Crippen LogP contribution in [-0.2, 0) is 0 Å². The average molecular weight is 158 g/mol. The molecule has 0 fully saturated rings. The highest BCUT2D eigenvalue weighted by Gasteiger charge is 2.10. The molecule has 0 heterocycles. The average Bonchev–Trinajstić information content (AvgIpc) is 2.05. The van der Waals surface area contributed by atoms with Crippen molar-refractivity contribution in [2.45, 2.75) is 26.8 Å². The summed E-state index contributed by atoms with van der Waals surface area (Å²) >= 11 is 0. The molecule has 0 aromatic carbocycles. The van der Waals surface area contributed by atoms with Gasteiger partial charge in [0, 0.05) is 0 Å². The van der Waals surface area contributed by atoms with Gasteiger partial charge in [-0.2, -0.15) is 5.06 Å². The van der Waals surface area contributed by atoms with Gasteiger partial charge >= 0.3 is 6.03 Å². The molecule has 0 spiro atoms. The first kappa shape index (κ1) is 12.5. The van der Waals surface area contributed by atoms with E-state index in [0.717, 1.165) is 0 Å². The van der Waals surface area contributed by atoms with Crippen LogP contribution >= 0.6 is 0 Å². The Balaban J connectivity index is 0. The highest BCUT2D eigenvalue weighted by atomic mass is 16.5. The number of urea groups is 1. The van der Waals surface area contributed by atoms with Gasteiger partial charge in [0.05, 0.1) is 0 Å². The van der Waals surface area contributed by atoms with Crippen molar-refractivity contribution in [3.8, 4) is 12.3 Å². The van der Waals surface area contributed by atoms with E-state index in [4.69, 9.17) is 11.6 Å². The van der Waals surface area contributed by atoms with Crippen LogP contribution in [0.25, 0.3) is 0 Å². The molecule has 0 aromatic rings. The Kier molecular flexibility index (Phi) is 7.82. The van der Waals surface area contributed by atoms with E-state index in [0.29, 0.717) is 5.06 Å². The van der Waals surface area contributed by atoms with Gasteiger partial charge in [0.2, 0.25) is 0 Å². The number of nitrogens with two attached hydrogens (primary N) is 1. The molecule has 11 heavy (non-hydrogen) atoms. The Morgan fingerprint density at radius 1 is 1.73 bits per heavy atom. The third-order valence-electron chi connectivity index (χ3n) is 0.834. The number of rotatable bonds is 1. The van der Waals surface area contributed by atoms with Crippen molar-refractivity contribution in [3.63, 3.8) is 0 Å². The molecule has 0 aromatic heterocycles. The van der Waals surface area contributed by atoms with E-state index in [2.05, 4.69) is 11.7 Å². The zero-order valence-corrected chi connectivity index (χ0v) is 7.03. The number of carbonyl (C=O) groups excluding carboxylic acids is 1. The molecular formula is C7H14N2O2. The quantitative estimate of drug-likeness (QED) is 0.337. The van der Waals surface area contributed by atoms with E-state index < -0.39 is 12.1 Å². The monoisotopic (exact) mass is 158 g/mol. The summed E-state index contributed by atoms with van der Waals surface area (Å²) in [5.74, 6) is 2.12. The molecule has 0 aliphatic heterocycles. The van der Waals surface area contributed by atoms with Crippen molar-refractivity contribution in [2.24, 2.45) is 5.73 Å². The Morgan fingerprint density at radius 2 is 2.09 bits per heavy atom. The molecule has 4 nitrogen and oxygen atoms in total. The molecule has 0 radical (unpaired) electrons. The fraction of sp³-hybridized carbons (Fsp3) is 0.571. The van der Waals surface area contributed by atoms with Crippen molar-refractivity contribution in [3.05, 3.63) is 0 Å². The lowest BCUT2D eigenvalue weighted by molar-refractivity contribution is -0.0536. The number of hydrogen-bond donors (Lipinski definition) is 2. The second-order valence-corrected chi connectivity index (χ2v) is 1.53. The van der Waals surface area contributed by atoms with E-state index in [-0.39, 0.29) is 0 Å². The van der Waals surface area contributed by atoms with Gasteiger partial charge in [0.1, 0.15) is 6.04 Å². The van der Waals surface area contributed by atoms with Crippen LogP contribution in [0.1, 0.15) is 20.8 Å². The van der Waals surface area contributed by atoms with E-state index in [9.17, 15) is 4.79 Å². The fourth-order valence-corrected chi connectivity index (χ4v) is 0.261. The Morgan fingerprint density at radius 3 is 2.18 bits per heavy atom. The minimum absolute atomic E-state index is 0.292. The first-order valence-corrected chi connectivity index (χ1v) is 3.33. The van der Waals surface area contributed by atoms with Crippen LogP contribution in [0.4, 0.5) is 4.79 Å². The Hall–Kier alpha value is -1.21. The lowest BCUT2D eigenvalue weighted by Gasteiger charge is -2.13. The normalized spacial score (nSPS) is 10.1. The van der Waals surface area contributed by atoms with Gasteiger partial charge < -0.3 is 5.73 Å². The van der Waals surface area contributed by atoms with E-state index in [1.54, 1.807) is 0 Å². The molecule has 0 aliphatic rings. The summed E-state index contributed by atoms with van der Waals surface area (Å²) in [6.45, 7) is 5.48. The summed E-state index contributed by atoms with van der Waals surface area (Å²) in [6, 6.07) is -1.61. The van der Waals surface area contributed by atoms with Crippen LogP contribution in [0.3, 0.4) is 0 Å². The SMILES string of the molecule is C#CC(C)N(O)C(N)=O.CC. The number of terminal acetylenes is 1. The number of amides is 2. The minimum Gasteiger partial charge on any atom is -0.350 e. The molecule has 0 saturated heterocycles. The molecule has 0 aliphatic carbocycles. The number of carbonyl (C=O) groups is 1. The van der Waals surface area contributed by atoms with Crippen molar-refractivity contribution >= 4 is 6.03 Å². The highest BCUT2D eigenvalue weighted by Crippen LogP contribution is 1.89. The first-order valence-electron chi connectivity index (χ1n) is 3.33. The van der Waals surface area contributed by atoms with Crippen LogP contribution in [-0.4, -0.2) is 22.3 Å². The summed E-state index contributed by atoms with van der Waals surface area (Å²) < 4.78 is 0. The largest absolute Gasteiger partial charge is 0.350 e. The van der Waals surface area contributed by atoms with Crippen molar-refractivity contribution in [1.82, 2.24) is 5.06 Å². The van der Waals surface area contributed by atoms with Gasteiger partial charge in [-0.15, -0.1) is 6.42 Å². The maximum Gasteiger partial charge on any atom is 0.339 e. The summed E-state index contributed by atoms with van der Waals surface area (Å²) in [5.41, 5.74) is 4.65. The first-order chi connectivity index (χ1) is 5.09. The minimum atomic E-state index is -0.944. The summed E-state index contributed by atoms with van der Waals surface area (Å²) in [4.78, 5) is 10.1. The van der Waals surface area contributed by atoms with Crippen molar-refractivity contribution < 1.29 is 10.0 Å². The Bertz CT molecular complexity index is 151. The summed E-state index contributed by atoms with van der Waals surface area (Å²) in [6.07, 6.45) is 4.85. The standard InChI is InChI=1S/C5H8N2O2.C2H6/c1-3-4(2)7(9)5(6)8;1-2/h1,4,9H,2H3,(H2,6,8);1-2H3. The van der Waals surface area contributed by atoms with Gasteiger partial charge in [-0.25, -0.2) is 4.79 Å². The number of primary amides is 1. The lowest BCUT2D eigenvalue weighted by Crippen LogP contribution is -2.38. The van der Waals surface area contributed by atoms with Gasteiger partial charge in [-0.05, 0) is 6.92 Å². The van der Waals surface area contributed by atoms with E-state index in [1.165, 1.54) is 6.92 Å². The molecular weight excluding hydrogens is 144 g/mol. The highest BCUT2D eigenvalue weighted by molar-refractivity contribution is 5.71. The van der Waals surface area contributed by atoms with Gasteiger partial charge in [0.15, 0.2) is 0 Å². The molecule has 64 valence electrons. The molecule has 0 bridgehead atoms. The maximum absolute atomic E-state index is 10.1. The van der Waals surface area contributed by atoms with Crippen LogP contribution in [0.15, 0.2) is 0 Å². The molecule has 0 rings (SSSR count). The predicted octanol–water partition coefficient (Wildman–Crippen LogP) is 0.804. The van der Waals surface area contributed by atoms with Gasteiger partial charge in [0.25, 0.3) is 0 Å². The molecule has 3 N–H and O–H groups in total.